The lowest BCUT2D eigenvalue weighted by Crippen LogP contribution is -2.39. The molecule has 1 heterocycles. The van der Waals surface area contributed by atoms with E-state index in [4.69, 9.17) is 0 Å². The number of aromatic nitrogens is 2. The van der Waals surface area contributed by atoms with Gasteiger partial charge in [-0.15, -0.1) is 0 Å². The molecule has 5 nitrogen and oxygen atoms in total. The quantitative estimate of drug-likeness (QED) is 0.763. The highest BCUT2D eigenvalue weighted by molar-refractivity contribution is 7.99. The molecule has 0 aliphatic rings. The van der Waals surface area contributed by atoms with Crippen molar-refractivity contribution in [3.8, 4) is 11.3 Å². The van der Waals surface area contributed by atoms with Crippen molar-refractivity contribution in [2.24, 2.45) is 0 Å². The standard InChI is InChI=1S/C17H24N4OS/c1-4-23-11-10-18-17(22)21(3)13(2)15-12-16(20-19-15)14-8-6-5-7-9-14/h5-9,12-13H,4,10-11H2,1-3H3,(H,18,22)(H,19,20)/t13-/m0/s1. The lowest BCUT2D eigenvalue weighted by molar-refractivity contribution is 0.194. The summed E-state index contributed by atoms with van der Waals surface area (Å²) in [5.74, 6) is 2.01. The molecule has 2 N–H and O–H groups in total. The summed E-state index contributed by atoms with van der Waals surface area (Å²) in [6.07, 6.45) is 0. The lowest BCUT2D eigenvalue weighted by Gasteiger charge is -2.24. The second-order valence-electron chi connectivity index (χ2n) is 5.29. The fourth-order valence-corrected chi connectivity index (χ4v) is 2.73. The number of carbonyl (C=O) groups is 1. The van der Waals surface area contributed by atoms with E-state index in [0.29, 0.717) is 6.54 Å². The van der Waals surface area contributed by atoms with Crippen LogP contribution in [0.25, 0.3) is 11.3 Å². The normalized spacial score (nSPS) is 12.0. The van der Waals surface area contributed by atoms with E-state index in [-0.39, 0.29) is 12.1 Å². The Kier molecular flexibility index (Phi) is 6.52. The van der Waals surface area contributed by atoms with Gasteiger partial charge in [-0.05, 0) is 18.7 Å². The summed E-state index contributed by atoms with van der Waals surface area (Å²) in [5.41, 5.74) is 2.87. The second kappa shape index (κ2) is 8.62. The first kappa shape index (κ1) is 17.4. The summed E-state index contributed by atoms with van der Waals surface area (Å²) >= 11 is 1.82. The molecule has 0 saturated heterocycles. The Morgan fingerprint density at radius 3 is 2.83 bits per heavy atom. The molecule has 0 aliphatic heterocycles. The number of rotatable bonds is 7. The van der Waals surface area contributed by atoms with Crippen LogP contribution in [0.15, 0.2) is 36.4 Å². The van der Waals surface area contributed by atoms with Crippen LogP contribution in [0.3, 0.4) is 0 Å². The van der Waals surface area contributed by atoms with Gasteiger partial charge in [0.15, 0.2) is 0 Å². The molecule has 23 heavy (non-hydrogen) atoms. The molecule has 1 aromatic carbocycles. The SMILES string of the molecule is CCSCCNC(=O)N(C)[C@@H](C)c1cc(-c2ccccc2)n[nH]1. The fourth-order valence-electron chi connectivity index (χ4n) is 2.19. The van der Waals surface area contributed by atoms with Crippen molar-refractivity contribution < 1.29 is 4.79 Å². The molecule has 6 heteroatoms. The lowest BCUT2D eigenvalue weighted by atomic mass is 10.1. The molecule has 0 bridgehead atoms. The summed E-state index contributed by atoms with van der Waals surface area (Å²) in [4.78, 5) is 13.9. The topological polar surface area (TPSA) is 61.0 Å². The number of H-pyrrole nitrogens is 1. The van der Waals surface area contributed by atoms with E-state index in [1.165, 1.54) is 0 Å². The number of thioether (sulfide) groups is 1. The first-order valence-electron chi connectivity index (χ1n) is 7.82. The molecule has 124 valence electrons. The highest BCUT2D eigenvalue weighted by Gasteiger charge is 2.19. The number of benzene rings is 1. The summed E-state index contributed by atoms with van der Waals surface area (Å²) in [6, 6.07) is 11.9. The Morgan fingerprint density at radius 2 is 2.13 bits per heavy atom. The predicted molar refractivity (Wildman–Crippen MR) is 96.6 cm³/mol. The number of nitrogens with zero attached hydrogens (tertiary/aromatic N) is 2. The maximum absolute atomic E-state index is 12.2. The number of nitrogens with one attached hydrogen (secondary N) is 2. The van der Waals surface area contributed by atoms with Gasteiger partial charge in [-0.3, -0.25) is 5.10 Å². The van der Waals surface area contributed by atoms with Crippen molar-refractivity contribution in [2.45, 2.75) is 19.9 Å². The van der Waals surface area contributed by atoms with E-state index in [2.05, 4.69) is 22.4 Å². The Bertz CT molecular complexity index is 614. The van der Waals surface area contributed by atoms with Crippen LogP contribution in [0.1, 0.15) is 25.6 Å². The molecule has 2 rings (SSSR count). The van der Waals surface area contributed by atoms with E-state index in [9.17, 15) is 4.79 Å². The number of carbonyl (C=O) groups excluding carboxylic acids is 1. The maximum Gasteiger partial charge on any atom is 0.317 e. The Labute approximate surface area is 141 Å². The smallest absolute Gasteiger partial charge is 0.317 e. The molecule has 2 aromatic rings. The largest absolute Gasteiger partial charge is 0.337 e. The van der Waals surface area contributed by atoms with Gasteiger partial charge in [-0.2, -0.15) is 16.9 Å². The summed E-state index contributed by atoms with van der Waals surface area (Å²) < 4.78 is 0. The zero-order valence-corrected chi connectivity index (χ0v) is 14.7. The molecule has 1 aromatic heterocycles. The van der Waals surface area contributed by atoms with Gasteiger partial charge in [-0.1, -0.05) is 37.3 Å². The minimum atomic E-state index is -0.0706. The molecule has 0 radical (unpaired) electrons. The first-order valence-corrected chi connectivity index (χ1v) is 8.98. The number of hydrogen-bond acceptors (Lipinski definition) is 3. The maximum atomic E-state index is 12.2. The predicted octanol–water partition coefficient (Wildman–Crippen LogP) is 3.53. The number of hydrogen-bond donors (Lipinski definition) is 2. The average molecular weight is 332 g/mol. The minimum Gasteiger partial charge on any atom is -0.337 e. The molecule has 0 unspecified atom stereocenters. The first-order chi connectivity index (χ1) is 11.1. The van der Waals surface area contributed by atoms with Crippen LogP contribution in [-0.2, 0) is 0 Å². The van der Waals surface area contributed by atoms with Gasteiger partial charge in [-0.25, -0.2) is 4.79 Å². The van der Waals surface area contributed by atoms with Crippen LogP contribution in [0.5, 0.6) is 0 Å². The van der Waals surface area contributed by atoms with Crippen molar-refractivity contribution in [3.05, 3.63) is 42.1 Å². The third kappa shape index (κ3) is 4.76. The third-order valence-electron chi connectivity index (χ3n) is 3.75. The van der Waals surface area contributed by atoms with Crippen LogP contribution in [0.4, 0.5) is 4.79 Å². The monoisotopic (exact) mass is 332 g/mol. The minimum absolute atomic E-state index is 0.0648. The average Bonchev–Trinajstić information content (AvgIpc) is 3.08. The van der Waals surface area contributed by atoms with Gasteiger partial charge in [0.25, 0.3) is 0 Å². The number of amides is 2. The third-order valence-corrected chi connectivity index (χ3v) is 4.65. The second-order valence-corrected chi connectivity index (χ2v) is 6.68. The van der Waals surface area contributed by atoms with Crippen LogP contribution >= 0.6 is 11.8 Å². The Morgan fingerprint density at radius 1 is 1.39 bits per heavy atom. The Hall–Kier alpha value is -1.95. The van der Waals surface area contributed by atoms with Gasteiger partial charge in [0, 0.05) is 24.9 Å². The van der Waals surface area contributed by atoms with E-state index < -0.39 is 0 Å². The van der Waals surface area contributed by atoms with Gasteiger partial charge < -0.3 is 10.2 Å². The van der Waals surface area contributed by atoms with Crippen LogP contribution in [0.2, 0.25) is 0 Å². The van der Waals surface area contributed by atoms with Crippen LogP contribution in [-0.4, -0.2) is 46.2 Å². The molecule has 0 spiro atoms. The number of urea groups is 1. The molecule has 0 saturated carbocycles. The van der Waals surface area contributed by atoms with Gasteiger partial charge in [0.05, 0.1) is 17.4 Å². The molecule has 2 amide bonds. The molecular formula is C17H24N4OS. The van der Waals surface area contributed by atoms with Gasteiger partial charge in [0.2, 0.25) is 0 Å². The fraction of sp³-hybridized carbons (Fsp3) is 0.412. The van der Waals surface area contributed by atoms with E-state index in [1.54, 1.807) is 11.9 Å². The van der Waals surface area contributed by atoms with Crippen LogP contribution in [0, 0.1) is 0 Å². The highest BCUT2D eigenvalue weighted by Crippen LogP contribution is 2.22. The molecular weight excluding hydrogens is 308 g/mol. The summed E-state index contributed by atoms with van der Waals surface area (Å²) in [5, 5.41) is 10.3. The Balaban J connectivity index is 1.96. The molecule has 1 atom stereocenters. The van der Waals surface area contributed by atoms with Gasteiger partial charge >= 0.3 is 6.03 Å². The highest BCUT2D eigenvalue weighted by atomic mass is 32.2. The van der Waals surface area contributed by atoms with Gasteiger partial charge in [0.1, 0.15) is 0 Å². The van der Waals surface area contributed by atoms with E-state index >= 15 is 0 Å². The zero-order valence-electron chi connectivity index (χ0n) is 13.9. The molecule has 0 fully saturated rings. The van der Waals surface area contributed by atoms with Crippen molar-refractivity contribution in [2.75, 3.05) is 25.1 Å². The number of aromatic amines is 1. The van der Waals surface area contributed by atoms with E-state index in [0.717, 1.165) is 28.5 Å². The summed E-state index contributed by atoms with van der Waals surface area (Å²) in [6.45, 7) is 4.79. The van der Waals surface area contributed by atoms with Crippen molar-refractivity contribution in [1.29, 1.82) is 0 Å². The zero-order chi connectivity index (χ0) is 16.7. The summed E-state index contributed by atoms with van der Waals surface area (Å²) in [7, 11) is 1.80. The van der Waals surface area contributed by atoms with E-state index in [1.807, 2.05) is 55.1 Å². The van der Waals surface area contributed by atoms with Crippen molar-refractivity contribution >= 4 is 17.8 Å². The van der Waals surface area contributed by atoms with Crippen LogP contribution < -0.4 is 5.32 Å². The van der Waals surface area contributed by atoms with Crippen molar-refractivity contribution in [3.63, 3.8) is 0 Å². The van der Waals surface area contributed by atoms with Crippen molar-refractivity contribution in [1.82, 2.24) is 20.4 Å². The molecule has 0 aliphatic carbocycles.